The Kier molecular flexibility index (Phi) is 5.83. The third-order valence-corrected chi connectivity index (χ3v) is 8.06. The number of sulfone groups is 1. The molecule has 2 aliphatic rings. The van der Waals surface area contributed by atoms with Gasteiger partial charge in [0.15, 0.2) is 15.0 Å². The van der Waals surface area contributed by atoms with Gasteiger partial charge in [-0.3, -0.25) is 9.79 Å². The molecule has 1 saturated heterocycles. The maximum atomic E-state index is 12.4. The fraction of sp³-hybridized carbons (Fsp3) is 0.333. The Labute approximate surface area is 185 Å². The van der Waals surface area contributed by atoms with E-state index in [2.05, 4.69) is 16.4 Å². The number of benzene rings is 2. The summed E-state index contributed by atoms with van der Waals surface area (Å²) in [5.74, 6) is 0.125. The van der Waals surface area contributed by atoms with Gasteiger partial charge < -0.3 is 10.2 Å². The Morgan fingerprint density at radius 1 is 1.23 bits per heavy atom. The number of aryl methyl sites for hydroxylation is 2. The summed E-state index contributed by atoms with van der Waals surface area (Å²) in [5, 5.41) is 4.07. The van der Waals surface area contributed by atoms with Crippen molar-refractivity contribution in [3.8, 4) is 0 Å². The zero-order chi connectivity index (χ0) is 21.5. The Balaban J connectivity index is 1.53. The zero-order valence-corrected chi connectivity index (χ0v) is 19.0. The molecule has 0 aromatic heterocycles. The molecule has 1 fully saturated rings. The minimum Gasteiger partial charge on any atom is -0.325 e. The van der Waals surface area contributed by atoms with Gasteiger partial charge in [0.05, 0.1) is 29.3 Å². The first-order valence-corrected chi connectivity index (χ1v) is 12.7. The summed E-state index contributed by atoms with van der Waals surface area (Å²) >= 11 is 7.29. The fourth-order valence-electron chi connectivity index (χ4n) is 3.88. The van der Waals surface area contributed by atoms with Gasteiger partial charge >= 0.3 is 0 Å². The Bertz CT molecular complexity index is 1130. The van der Waals surface area contributed by atoms with E-state index < -0.39 is 9.84 Å². The molecule has 0 spiro atoms. The molecule has 158 valence electrons. The maximum Gasteiger partial charge on any atom is 0.234 e. The minimum absolute atomic E-state index is 0.0534. The van der Waals surface area contributed by atoms with Gasteiger partial charge in [0.1, 0.15) is 0 Å². The molecule has 0 bridgehead atoms. The van der Waals surface area contributed by atoms with Crippen LogP contribution in [0.2, 0.25) is 5.02 Å². The van der Waals surface area contributed by atoms with Crippen molar-refractivity contribution in [3.05, 3.63) is 58.6 Å². The van der Waals surface area contributed by atoms with Crippen molar-refractivity contribution in [2.75, 3.05) is 27.5 Å². The summed E-state index contributed by atoms with van der Waals surface area (Å²) in [6, 6.07) is 12.5. The van der Waals surface area contributed by atoms with Crippen LogP contribution in [-0.2, 0) is 14.6 Å². The van der Waals surface area contributed by atoms with E-state index in [1.54, 1.807) is 24.3 Å². The van der Waals surface area contributed by atoms with Crippen LogP contribution in [0.5, 0.6) is 0 Å². The second-order valence-corrected chi connectivity index (χ2v) is 11.2. The molecule has 2 atom stereocenters. The lowest BCUT2D eigenvalue weighted by Gasteiger charge is -2.28. The Morgan fingerprint density at radius 3 is 2.77 bits per heavy atom. The number of amidine groups is 1. The number of fused-ring (bicyclic) bond motifs is 1. The van der Waals surface area contributed by atoms with E-state index in [4.69, 9.17) is 11.6 Å². The first-order valence-electron chi connectivity index (χ1n) is 9.55. The van der Waals surface area contributed by atoms with Crippen LogP contribution < -0.4 is 10.2 Å². The van der Waals surface area contributed by atoms with Crippen LogP contribution in [0.3, 0.4) is 0 Å². The summed E-state index contributed by atoms with van der Waals surface area (Å²) in [4.78, 5) is 19.1. The number of nitrogens with zero attached hydrogens (tertiary/aromatic N) is 2. The largest absolute Gasteiger partial charge is 0.325 e. The Hall–Kier alpha value is -2.03. The standard InChI is InChI=1S/C21H22ClN3O3S2/c1-13-6-7-18(14(2)8-13)25-19-12-30(27,28)11-17(19)24-21(25)29-10-20(26)23-16-5-3-4-15(22)9-16/h3-9,17,19H,10-12H2,1-2H3,(H,23,26)/t17-,19-/m0/s1. The van der Waals surface area contributed by atoms with Gasteiger partial charge in [0.2, 0.25) is 5.91 Å². The van der Waals surface area contributed by atoms with Gasteiger partial charge in [-0.2, -0.15) is 0 Å². The van der Waals surface area contributed by atoms with E-state index >= 15 is 0 Å². The number of aliphatic imine (C=N–C) groups is 1. The van der Waals surface area contributed by atoms with Gasteiger partial charge in [-0.05, 0) is 43.7 Å². The van der Waals surface area contributed by atoms with E-state index in [-0.39, 0.29) is 35.2 Å². The third kappa shape index (κ3) is 4.50. The minimum atomic E-state index is -3.12. The number of thioether (sulfide) groups is 1. The summed E-state index contributed by atoms with van der Waals surface area (Å²) in [6.07, 6.45) is 0. The van der Waals surface area contributed by atoms with Crippen molar-refractivity contribution in [2.45, 2.75) is 25.9 Å². The molecular weight excluding hydrogens is 442 g/mol. The van der Waals surface area contributed by atoms with Crippen LogP contribution in [0.4, 0.5) is 11.4 Å². The van der Waals surface area contributed by atoms with Gasteiger partial charge in [-0.25, -0.2) is 8.42 Å². The number of carbonyl (C=O) groups excluding carboxylic acids is 1. The molecule has 2 aromatic rings. The van der Waals surface area contributed by atoms with Crippen molar-refractivity contribution < 1.29 is 13.2 Å². The number of anilines is 2. The Morgan fingerprint density at radius 2 is 2.03 bits per heavy atom. The molecule has 0 unspecified atom stereocenters. The quantitative estimate of drug-likeness (QED) is 0.748. The van der Waals surface area contributed by atoms with Crippen molar-refractivity contribution in [2.24, 2.45) is 4.99 Å². The first kappa shape index (κ1) is 21.2. The lowest BCUT2D eigenvalue weighted by Crippen LogP contribution is -2.39. The molecule has 30 heavy (non-hydrogen) atoms. The van der Waals surface area contributed by atoms with E-state index in [1.165, 1.54) is 11.8 Å². The molecular formula is C21H22ClN3O3S2. The summed E-state index contributed by atoms with van der Waals surface area (Å²) in [6.45, 7) is 4.03. The summed E-state index contributed by atoms with van der Waals surface area (Å²) in [5.41, 5.74) is 3.76. The molecule has 2 aromatic carbocycles. The number of halogens is 1. The average Bonchev–Trinajstić information content (AvgIpc) is 3.11. The predicted molar refractivity (Wildman–Crippen MR) is 125 cm³/mol. The third-order valence-electron chi connectivity index (χ3n) is 5.16. The van der Waals surface area contributed by atoms with Gasteiger partial charge in [-0.15, -0.1) is 0 Å². The lowest BCUT2D eigenvalue weighted by molar-refractivity contribution is -0.113. The summed E-state index contributed by atoms with van der Waals surface area (Å²) < 4.78 is 24.4. The molecule has 6 nitrogen and oxygen atoms in total. The average molecular weight is 464 g/mol. The van der Waals surface area contributed by atoms with Crippen LogP contribution in [0.1, 0.15) is 11.1 Å². The monoisotopic (exact) mass is 463 g/mol. The van der Waals surface area contributed by atoms with E-state index in [0.717, 1.165) is 16.8 Å². The normalized spacial score (nSPS) is 22.0. The van der Waals surface area contributed by atoms with Gasteiger partial charge in [0, 0.05) is 16.4 Å². The molecule has 0 radical (unpaired) electrons. The second kappa shape index (κ2) is 8.24. The van der Waals surface area contributed by atoms with Crippen molar-refractivity contribution in [1.29, 1.82) is 0 Å². The molecule has 1 N–H and O–H groups in total. The lowest BCUT2D eigenvalue weighted by atomic mass is 10.1. The smallest absolute Gasteiger partial charge is 0.234 e. The van der Waals surface area contributed by atoms with Crippen molar-refractivity contribution in [1.82, 2.24) is 0 Å². The van der Waals surface area contributed by atoms with Crippen molar-refractivity contribution in [3.63, 3.8) is 0 Å². The van der Waals surface area contributed by atoms with E-state index in [0.29, 0.717) is 15.9 Å². The number of hydrogen-bond donors (Lipinski definition) is 1. The topological polar surface area (TPSA) is 78.8 Å². The highest BCUT2D eigenvalue weighted by molar-refractivity contribution is 8.14. The maximum absolute atomic E-state index is 12.4. The number of nitrogens with one attached hydrogen (secondary N) is 1. The highest BCUT2D eigenvalue weighted by Gasteiger charge is 2.47. The number of carbonyl (C=O) groups is 1. The van der Waals surface area contributed by atoms with Crippen LogP contribution >= 0.6 is 23.4 Å². The molecule has 0 saturated carbocycles. The first-order chi connectivity index (χ1) is 14.2. The highest BCUT2D eigenvalue weighted by atomic mass is 35.5. The molecule has 1 amide bonds. The van der Waals surface area contributed by atoms with Crippen LogP contribution in [0, 0.1) is 13.8 Å². The van der Waals surface area contributed by atoms with Gasteiger partial charge in [0.25, 0.3) is 0 Å². The van der Waals surface area contributed by atoms with Crippen LogP contribution in [-0.4, -0.2) is 48.8 Å². The van der Waals surface area contributed by atoms with E-state index in [9.17, 15) is 13.2 Å². The number of hydrogen-bond acceptors (Lipinski definition) is 6. The second-order valence-electron chi connectivity index (χ2n) is 7.63. The SMILES string of the molecule is Cc1ccc(N2C(SCC(=O)Nc3cccc(Cl)c3)=N[C@H]3CS(=O)(=O)C[C@@H]32)c(C)c1. The number of amides is 1. The fourth-order valence-corrected chi connectivity index (χ4v) is 6.83. The number of rotatable bonds is 4. The molecule has 4 rings (SSSR count). The summed E-state index contributed by atoms with van der Waals surface area (Å²) in [7, 11) is -3.12. The predicted octanol–water partition coefficient (Wildman–Crippen LogP) is 3.67. The van der Waals surface area contributed by atoms with Crippen molar-refractivity contribution >= 4 is 55.6 Å². The van der Waals surface area contributed by atoms with E-state index in [1.807, 2.05) is 30.9 Å². The molecule has 2 aliphatic heterocycles. The molecule has 0 aliphatic carbocycles. The zero-order valence-electron chi connectivity index (χ0n) is 16.6. The van der Waals surface area contributed by atoms with Gasteiger partial charge in [-0.1, -0.05) is 47.1 Å². The van der Waals surface area contributed by atoms with Crippen LogP contribution in [0.25, 0.3) is 0 Å². The molecule has 2 heterocycles. The van der Waals surface area contributed by atoms with Crippen LogP contribution in [0.15, 0.2) is 47.5 Å². The highest BCUT2D eigenvalue weighted by Crippen LogP contribution is 2.36. The molecule has 9 heteroatoms.